The van der Waals surface area contributed by atoms with Crippen LogP contribution < -0.4 is 5.56 Å². The Hall–Kier alpha value is -3.32. The lowest BCUT2D eigenvalue weighted by atomic mass is 10.2. The van der Waals surface area contributed by atoms with Crippen molar-refractivity contribution >= 4 is 10.9 Å². The van der Waals surface area contributed by atoms with Gasteiger partial charge < -0.3 is 0 Å². The van der Waals surface area contributed by atoms with Gasteiger partial charge >= 0.3 is 0 Å². The molecule has 1 aliphatic rings. The van der Waals surface area contributed by atoms with E-state index in [9.17, 15) is 4.79 Å². The highest BCUT2D eigenvalue weighted by Gasteiger charge is 2.26. The van der Waals surface area contributed by atoms with Gasteiger partial charge in [0.05, 0.1) is 41.7 Å². The maximum absolute atomic E-state index is 12.9. The lowest BCUT2D eigenvalue weighted by molar-refractivity contribution is 0.304. The van der Waals surface area contributed by atoms with Crippen molar-refractivity contribution in [2.75, 3.05) is 13.1 Å². The van der Waals surface area contributed by atoms with Gasteiger partial charge in [-0.05, 0) is 24.1 Å². The topological polar surface area (TPSA) is 68.8 Å². The van der Waals surface area contributed by atoms with Crippen LogP contribution >= 0.6 is 0 Å². The van der Waals surface area contributed by atoms with Gasteiger partial charge in [-0.3, -0.25) is 14.3 Å². The molecule has 2 aromatic carbocycles. The molecule has 1 atom stereocenters. The molecular weight excluding hydrogens is 364 g/mol. The van der Waals surface area contributed by atoms with Crippen LogP contribution in [-0.2, 0) is 13.1 Å². The van der Waals surface area contributed by atoms with Crippen molar-refractivity contribution in [2.45, 2.75) is 25.6 Å². The first-order valence-corrected chi connectivity index (χ1v) is 9.87. The summed E-state index contributed by atoms with van der Waals surface area (Å²) in [5.74, 6) is 0. The molecule has 7 heteroatoms. The van der Waals surface area contributed by atoms with Crippen LogP contribution in [0.25, 0.3) is 10.9 Å². The van der Waals surface area contributed by atoms with Gasteiger partial charge in [-0.2, -0.15) is 0 Å². The second-order valence-electron chi connectivity index (χ2n) is 7.52. The van der Waals surface area contributed by atoms with Crippen molar-refractivity contribution in [3.8, 4) is 0 Å². The smallest absolute Gasteiger partial charge is 0.261 e. The third-order valence-corrected chi connectivity index (χ3v) is 5.59. The summed E-state index contributed by atoms with van der Waals surface area (Å²) in [5, 5.41) is 9.04. The summed E-state index contributed by atoms with van der Waals surface area (Å²) in [6.07, 6.45) is 4.46. The molecule has 1 fully saturated rings. The zero-order chi connectivity index (χ0) is 19.6. The van der Waals surface area contributed by atoms with E-state index in [4.69, 9.17) is 0 Å². The zero-order valence-corrected chi connectivity index (χ0v) is 16.1. The molecule has 1 aliphatic heterocycles. The highest BCUT2D eigenvalue weighted by molar-refractivity contribution is 5.76. The molecule has 0 aliphatic carbocycles. The Morgan fingerprint density at radius 1 is 1.00 bits per heavy atom. The molecule has 2 aromatic heterocycles. The van der Waals surface area contributed by atoms with Gasteiger partial charge in [-0.25, -0.2) is 9.67 Å². The number of aromatic nitrogens is 5. The fourth-order valence-corrected chi connectivity index (χ4v) is 4.05. The molecule has 0 bridgehead atoms. The molecule has 146 valence electrons. The average molecular weight is 386 g/mol. The average Bonchev–Trinajstić information content (AvgIpc) is 3.39. The highest BCUT2D eigenvalue weighted by atomic mass is 16.1. The minimum Gasteiger partial charge on any atom is -0.295 e. The quantitative estimate of drug-likeness (QED) is 0.527. The number of likely N-dealkylation sites (tertiary alicyclic amines) is 1. The summed E-state index contributed by atoms with van der Waals surface area (Å²) in [4.78, 5) is 19.7. The molecule has 29 heavy (non-hydrogen) atoms. The number of rotatable bonds is 5. The van der Waals surface area contributed by atoms with Crippen LogP contribution in [0.5, 0.6) is 0 Å². The Balaban J connectivity index is 1.31. The Morgan fingerprint density at radius 2 is 1.83 bits per heavy atom. The molecule has 0 amide bonds. The zero-order valence-electron chi connectivity index (χ0n) is 16.1. The third-order valence-electron chi connectivity index (χ3n) is 5.59. The van der Waals surface area contributed by atoms with Gasteiger partial charge in [0.2, 0.25) is 0 Å². The first-order valence-electron chi connectivity index (χ1n) is 9.87. The van der Waals surface area contributed by atoms with E-state index < -0.39 is 0 Å². The minimum atomic E-state index is 0.0400. The molecule has 4 aromatic rings. The summed E-state index contributed by atoms with van der Waals surface area (Å²) in [6.45, 7) is 3.23. The lowest BCUT2D eigenvalue weighted by Gasteiger charge is -2.17. The molecule has 0 radical (unpaired) electrons. The summed E-state index contributed by atoms with van der Waals surface area (Å²) < 4.78 is 3.74. The van der Waals surface area contributed by atoms with E-state index in [0.717, 1.165) is 37.3 Å². The maximum atomic E-state index is 12.9. The maximum Gasteiger partial charge on any atom is 0.261 e. The Morgan fingerprint density at radius 3 is 2.72 bits per heavy atom. The second kappa shape index (κ2) is 7.60. The Labute approximate surface area is 168 Å². The number of hydrogen-bond donors (Lipinski definition) is 0. The van der Waals surface area contributed by atoms with Crippen LogP contribution in [0.15, 0.2) is 71.9 Å². The van der Waals surface area contributed by atoms with E-state index in [1.165, 1.54) is 5.56 Å². The van der Waals surface area contributed by atoms with Gasteiger partial charge in [0.25, 0.3) is 5.56 Å². The normalized spacial score (nSPS) is 17.2. The minimum absolute atomic E-state index is 0.0400. The van der Waals surface area contributed by atoms with Crippen molar-refractivity contribution in [2.24, 2.45) is 0 Å². The molecule has 1 saturated heterocycles. The van der Waals surface area contributed by atoms with Crippen LogP contribution in [0.4, 0.5) is 0 Å². The standard InChI is InChI=1S/C22H22N6O/c29-22-20-8-4-5-9-21(20)23-16-27(22)18-10-11-26(14-18)15-19-12-24-25-28(19)13-17-6-2-1-3-7-17/h1-9,12,16,18H,10-11,13-15H2. The van der Waals surface area contributed by atoms with Crippen LogP contribution in [0, 0.1) is 0 Å². The summed E-state index contributed by atoms with van der Waals surface area (Å²) >= 11 is 0. The van der Waals surface area contributed by atoms with E-state index in [-0.39, 0.29) is 11.6 Å². The summed E-state index contributed by atoms with van der Waals surface area (Å²) in [6, 6.07) is 17.9. The van der Waals surface area contributed by atoms with Crippen molar-refractivity contribution in [3.05, 3.63) is 88.7 Å². The SMILES string of the molecule is O=c1c2ccccc2ncn1C1CCN(Cc2cnnn2Cc2ccccc2)C1. The fraction of sp³-hybridized carbons (Fsp3) is 0.273. The monoisotopic (exact) mass is 386 g/mol. The van der Waals surface area contributed by atoms with E-state index in [1.807, 2.05) is 53.3 Å². The largest absolute Gasteiger partial charge is 0.295 e. The number of para-hydroxylation sites is 1. The first kappa shape index (κ1) is 17.8. The fourth-order valence-electron chi connectivity index (χ4n) is 4.05. The van der Waals surface area contributed by atoms with Gasteiger partial charge in [-0.1, -0.05) is 47.7 Å². The predicted molar refractivity (Wildman–Crippen MR) is 111 cm³/mol. The van der Waals surface area contributed by atoms with Crippen molar-refractivity contribution < 1.29 is 0 Å². The molecular formula is C22H22N6O. The second-order valence-corrected chi connectivity index (χ2v) is 7.52. The predicted octanol–water partition coefficient (Wildman–Crippen LogP) is 2.48. The molecule has 0 spiro atoms. The number of hydrogen-bond acceptors (Lipinski definition) is 5. The van der Waals surface area contributed by atoms with Crippen molar-refractivity contribution in [1.82, 2.24) is 29.4 Å². The van der Waals surface area contributed by atoms with Gasteiger partial charge in [0.1, 0.15) is 0 Å². The van der Waals surface area contributed by atoms with E-state index >= 15 is 0 Å². The van der Waals surface area contributed by atoms with Crippen LogP contribution in [-0.4, -0.2) is 42.5 Å². The van der Waals surface area contributed by atoms with Crippen LogP contribution in [0.2, 0.25) is 0 Å². The van der Waals surface area contributed by atoms with Gasteiger partial charge in [-0.15, -0.1) is 5.10 Å². The third kappa shape index (κ3) is 3.56. The molecule has 0 saturated carbocycles. The molecule has 7 nitrogen and oxygen atoms in total. The molecule has 0 N–H and O–H groups in total. The Bertz CT molecular complexity index is 1180. The molecule has 1 unspecified atom stereocenters. The summed E-state index contributed by atoms with van der Waals surface area (Å²) in [5.41, 5.74) is 3.07. The lowest BCUT2D eigenvalue weighted by Crippen LogP contribution is -2.28. The Kier molecular flexibility index (Phi) is 4.65. The van der Waals surface area contributed by atoms with Gasteiger partial charge in [0.15, 0.2) is 0 Å². The summed E-state index contributed by atoms with van der Waals surface area (Å²) in [7, 11) is 0. The van der Waals surface area contributed by atoms with Crippen LogP contribution in [0.1, 0.15) is 23.7 Å². The van der Waals surface area contributed by atoms with E-state index in [2.05, 4.69) is 32.3 Å². The highest BCUT2D eigenvalue weighted by Crippen LogP contribution is 2.22. The number of fused-ring (bicyclic) bond motifs is 1. The van der Waals surface area contributed by atoms with E-state index in [0.29, 0.717) is 11.9 Å². The van der Waals surface area contributed by atoms with Crippen LogP contribution in [0.3, 0.4) is 0 Å². The van der Waals surface area contributed by atoms with Crippen molar-refractivity contribution in [1.29, 1.82) is 0 Å². The number of benzene rings is 2. The molecule has 5 rings (SSSR count). The number of nitrogens with zero attached hydrogens (tertiary/aromatic N) is 6. The van der Waals surface area contributed by atoms with E-state index in [1.54, 1.807) is 10.9 Å². The first-order chi connectivity index (χ1) is 14.3. The van der Waals surface area contributed by atoms with Crippen molar-refractivity contribution in [3.63, 3.8) is 0 Å². The van der Waals surface area contributed by atoms with Gasteiger partial charge in [0, 0.05) is 19.6 Å². The molecule has 3 heterocycles.